The standard InChI is InChI=1S/C20H27N5O2/c1-15(2)13-24-7-8-25(14-18(24)26)20-19(23-9-11-27-12-10-23)21-16-5-3-4-6-17(16)22-20/h3-6,15H,7-14H2,1-2H3. The van der Waals surface area contributed by atoms with Crippen LogP contribution in [0.25, 0.3) is 11.0 Å². The molecule has 1 aromatic heterocycles. The van der Waals surface area contributed by atoms with Crippen LogP contribution in [0.4, 0.5) is 11.6 Å². The third-order valence-electron chi connectivity index (χ3n) is 5.05. The lowest BCUT2D eigenvalue weighted by atomic mass is 10.2. The summed E-state index contributed by atoms with van der Waals surface area (Å²) >= 11 is 0. The zero-order chi connectivity index (χ0) is 18.8. The van der Waals surface area contributed by atoms with E-state index in [-0.39, 0.29) is 5.91 Å². The van der Waals surface area contributed by atoms with Gasteiger partial charge in [-0.3, -0.25) is 4.79 Å². The van der Waals surface area contributed by atoms with Crippen LogP contribution in [0, 0.1) is 5.92 Å². The fourth-order valence-electron chi connectivity index (χ4n) is 3.70. The zero-order valence-corrected chi connectivity index (χ0v) is 16.1. The van der Waals surface area contributed by atoms with E-state index >= 15 is 0 Å². The van der Waals surface area contributed by atoms with Gasteiger partial charge in [0.1, 0.15) is 0 Å². The van der Waals surface area contributed by atoms with Gasteiger partial charge in [0, 0.05) is 32.7 Å². The Labute approximate surface area is 159 Å². The van der Waals surface area contributed by atoms with Crippen molar-refractivity contribution >= 4 is 28.6 Å². The molecule has 0 N–H and O–H groups in total. The largest absolute Gasteiger partial charge is 0.378 e. The van der Waals surface area contributed by atoms with Gasteiger partial charge in [-0.2, -0.15) is 0 Å². The maximum absolute atomic E-state index is 12.7. The first kappa shape index (κ1) is 18.0. The van der Waals surface area contributed by atoms with E-state index in [1.54, 1.807) is 0 Å². The van der Waals surface area contributed by atoms with Crippen molar-refractivity contribution in [3.05, 3.63) is 24.3 Å². The van der Waals surface area contributed by atoms with Gasteiger partial charge in [0.15, 0.2) is 11.6 Å². The molecule has 0 spiro atoms. The Kier molecular flexibility index (Phi) is 5.11. The number of hydrogen-bond donors (Lipinski definition) is 0. The highest BCUT2D eigenvalue weighted by atomic mass is 16.5. The highest BCUT2D eigenvalue weighted by Crippen LogP contribution is 2.29. The molecule has 4 rings (SSSR count). The summed E-state index contributed by atoms with van der Waals surface area (Å²) in [5.41, 5.74) is 1.74. The number of aromatic nitrogens is 2. The molecule has 0 saturated carbocycles. The first-order chi connectivity index (χ1) is 13.1. The van der Waals surface area contributed by atoms with Gasteiger partial charge in [0.2, 0.25) is 5.91 Å². The van der Waals surface area contributed by atoms with E-state index in [1.807, 2.05) is 29.2 Å². The summed E-state index contributed by atoms with van der Waals surface area (Å²) in [6.45, 7) is 9.93. The van der Waals surface area contributed by atoms with Crippen LogP contribution >= 0.6 is 0 Å². The lowest BCUT2D eigenvalue weighted by Crippen LogP contribution is -2.52. The molecule has 7 heteroatoms. The highest BCUT2D eigenvalue weighted by molar-refractivity contribution is 5.86. The number of ether oxygens (including phenoxy) is 1. The second-order valence-electron chi connectivity index (χ2n) is 7.61. The van der Waals surface area contributed by atoms with E-state index in [0.29, 0.717) is 25.7 Å². The van der Waals surface area contributed by atoms with Gasteiger partial charge in [-0.25, -0.2) is 9.97 Å². The van der Waals surface area contributed by atoms with Gasteiger partial charge in [0.05, 0.1) is 30.8 Å². The molecular weight excluding hydrogens is 342 g/mol. The Morgan fingerprint density at radius 2 is 1.59 bits per heavy atom. The van der Waals surface area contributed by atoms with Crippen molar-refractivity contribution in [2.24, 2.45) is 5.92 Å². The molecule has 0 aliphatic carbocycles. The number of carbonyl (C=O) groups excluding carboxylic acids is 1. The molecule has 0 atom stereocenters. The van der Waals surface area contributed by atoms with Crippen molar-refractivity contribution < 1.29 is 9.53 Å². The van der Waals surface area contributed by atoms with Crippen LogP contribution in [-0.2, 0) is 9.53 Å². The second kappa shape index (κ2) is 7.68. The van der Waals surface area contributed by atoms with E-state index in [0.717, 1.165) is 55.4 Å². The van der Waals surface area contributed by atoms with Crippen molar-refractivity contribution in [1.29, 1.82) is 0 Å². The predicted octanol–water partition coefficient (Wildman–Crippen LogP) is 1.77. The van der Waals surface area contributed by atoms with Gasteiger partial charge in [-0.15, -0.1) is 0 Å². The molecule has 1 aromatic carbocycles. The number of carbonyl (C=O) groups is 1. The maximum Gasteiger partial charge on any atom is 0.242 e. The van der Waals surface area contributed by atoms with Gasteiger partial charge in [-0.05, 0) is 18.1 Å². The maximum atomic E-state index is 12.7. The minimum atomic E-state index is 0.165. The third kappa shape index (κ3) is 3.83. The second-order valence-corrected chi connectivity index (χ2v) is 7.61. The number of hydrogen-bond acceptors (Lipinski definition) is 6. The summed E-state index contributed by atoms with van der Waals surface area (Å²) in [5.74, 6) is 2.32. The van der Waals surface area contributed by atoms with Crippen LogP contribution < -0.4 is 9.80 Å². The molecule has 7 nitrogen and oxygen atoms in total. The van der Waals surface area contributed by atoms with Crippen LogP contribution in [0.15, 0.2) is 24.3 Å². The zero-order valence-electron chi connectivity index (χ0n) is 16.1. The average molecular weight is 369 g/mol. The Morgan fingerprint density at radius 3 is 2.19 bits per heavy atom. The van der Waals surface area contributed by atoms with Crippen molar-refractivity contribution in [3.63, 3.8) is 0 Å². The monoisotopic (exact) mass is 369 g/mol. The van der Waals surface area contributed by atoms with Gasteiger partial charge < -0.3 is 19.4 Å². The number of nitrogens with zero attached hydrogens (tertiary/aromatic N) is 5. The summed E-state index contributed by atoms with van der Waals surface area (Å²) in [7, 11) is 0. The summed E-state index contributed by atoms with van der Waals surface area (Å²) in [6.07, 6.45) is 0. The number of anilines is 2. The van der Waals surface area contributed by atoms with Crippen molar-refractivity contribution in [2.45, 2.75) is 13.8 Å². The summed E-state index contributed by atoms with van der Waals surface area (Å²) < 4.78 is 5.50. The molecular formula is C20H27N5O2. The van der Waals surface area contributed by atoms with Crippen LogP contribution in [0.2, 0.25) is 0 Å². The van der Waals surface area contributed by atoms with E-state index in [9.17, 15) is 4.79 Å². The Bertz CT molecular complexity index is 819. The van der Waals surface area contributed by atoms with Gasteiger partial charge in [-0.1, -0.05) is 26.0 Å². The Balaban J connectivity index is 1.66. The van der Waals surface area contributed by atoms with Crippen LogP contribution in [0.3, 0.4) is 0 Å². The third-order valence-corrected chi connectivity index (χ3v) is 5.05. The molecule has 3 heterocycles. The fourth-order valence-corrected chi connectivity index (χ4v) is 3.70. The summed E-state index contributed by atoms with van der Waals surface area (Å²) in [4.78, 5) is 28.8. The minimum absolute atomic E-state index is 0.165. The topological polar surface area (TPSA) is 61.8 Å². The molecule has 2 aliphatic rings. The summed E-state index contributed by atoms with van der Waals surface area (Å²) in [5, 5.41) is 0. The smallest absolute Gasteiger partial charge is 0.242 e. The molecule has 0 unspecified atom stereocenters. The van der Waals surface area contributed by atoms with Gasteiger partial charge in [0.25, 0.3) is 0 Å². The molecule has 0 bridgehead atoms. The van der Waals surface area contributed by atoms with Gasteiger partial charge >= 0.3 is 0 Å². The number of benzene rings is 1. The number of rotatable bonds is 4. The van der Waals surface area contributed by atoms with Crippen LogP contribution in [0.5, 0.6) is 0 Å². The van der Waals surface area contributed by atoms with E-state index < -0.39 is 0 Å². The number of piperazine rings is 1. The lowest BCUT2D eigenvalue weighted by Gasteiger charge is -2.38. The van der Waals surface area contributed by atoms with E-state index in [1.165, 1.54) is 0 Å². The highest BCUT2D eigenvalue weighted by Gasteiger charge is 2.29. The average Bonchev–Trinajstić information content (AvgIpc) is 2.69. The molecule has 2 aliphatic heterocycles. The summed E-state index contributed by atoms with van der Waals surface area (Å²) in [6, 6.07) is 7.92. The van der Waals surface area contributed by atoms with Crippen molar-refractivity contribution in [3.8, 4) is 0 Å². The Morgan fingerprint density at radius 1 is 0.963 bits per heavy atom. The quantitative estimate of drug-likeness (QED) is 0.819. The van der Waals surface area contributed by atoms with Crippen LogP contribution in [-0.4, -0.2) is 73.3 Å². The Hall–Kier alpha value is -2.41. The van der Waals surface area contributed by atoms with Crippen molar-refractivity contribution in [2.75, 3.05) is 62.3 Å². The minimum Gasteiger partial charge on any atom is -0.378 e. The number of morpholine rings is 1. The molecule has 2 saturated heterocycles. The molecule has 144 valence electrons. The molecule has 2 fully saturated rings. The number of para-hydroxylation sites is 2. The predicted molar refractivity (Wildman–Crippen MR) is 106 cm³/mol. The number of fused-ring (bicyclic) bond motifs is 1. The SMILES string of the molecule is CC(C)CN1CCN(c2nc3ccccc3nc2N2CCOCC2)CC1=O. The normalized spacial score (nSPS) is 18.6. The molecule has 27 heavy (non-hydrogen) atoms. The molecule has 1 amide bonds. The molecule has 2 aromatic rings. The molecule has 0 radical (unpaired) electrons. The lowest BCUT2D eigenvalue weighted by molar-refractivity contribution is -0.131. The van der Waals surface area contributed by atoms with E-state index in [4.69, 9.17) is 14.7 Å². The van der Waals surface area contributed by atoms with E-state index in [2.05, 4.69) is 23.6 Å². The van der Waals surface area contributed by atoms with Crippen molar-refractivity contribution in [1.82, 2.24) is 14.9 Å². The first-order valence-electron chi connectivity index (χ1n) is 9.74. The number of amides is 1. The first-order valence-corrected chi connectivity index (χ1v) is 9.74. The fraction of sp³-hybridized carbons (Fsp3) is 0.550. The van der Waals surface area contributed by atoms with Crippen LogP contribution in [0.1, 0.15) is 13.8 Å².